The molecule has 2 aromatic rings. The fourth-order valence-electron chi connectivity index (χ4n) is 2.56. The second-order valence-electron chi connectivity index (χ2n) is 6.01. The number of rotatable bonds is 5. The zero-order valence-corrected chi connectivity index (χ0v) is 15.4. The van der Waals surface area contributed by atoms with Gasteiger partial charge in [-0.1, -0.05) is 16.8 Å². The van der Waals surface area contributed by atoms with Gasteiger partial charge in [0.05, 0.1) is 15.8 Å². The highest BCUT2D eigenvalue weighted by molar-refractivity contribution is 7.18. The van der Waals surface area contributed by atoms with Crippen molar-refractivity contribution in [2.45, 2.75) is 45.9 Å². The first-order valence-electron chi connectivity index (χ1n) is 7.78. The van der Waals surface area contributed by atoms with Crippen LogP contribution in [0.3, 0.4) is 0 Å². The van der Waals surface area contributed by atoms with Gasteiger partial charge in [-0.25, -0.2) is 0 Å². The van der Waals surface area contributed by atoms with Gasteiger partial charge in [0, 0.05) is 12.5 Å². The van der Waals surface area contributed by atoms with Gasteiger partial charge in [-0.3, -0.25) is 4.79 Å². The summed E-state index contributed by atoms with van der Waals surface area (Å²) in [7, 11) is 0. The van der Waals surface area contributed by atoms with Crippen LogP contribution in [0, 0.1) is 6.92 Å². The van der Waals surface area contributed by atoms with E-state index in [9.17, 15) is 4.79 Å². The molecular weight excluding hydrogens is 348 g/mol. The monoisotopic (exact) mass is 366 g/mol. The Morgan fingerprint density at radius 2 is 2.21 bits per heavy atom. The lowest BCUT2D eigenvalue weighted by Crippen LogP contribution is -2.42. The maximum Gasteiger partial charge on any atom is 0.267 e. The van der Waals surface area contributed by atoms with Crippen LogP contribution >= 0.6 is 22.9 Å². The molecule has 0 radical (unpaired) electrons. The number of halogens is 1. The summed E-state index contributed by atoms with van der Waals surface area (Å²) < 4.78 is 6.29. The molecule has 128 valence electrons. The molecule has 1 aliphatic rings. The number of hydrogen-bond acceptors (Lipinski definition) is 5. The SMILES string of the molecule is Cc1ccc(CN(C(=O)[C@@H]2CC(c3ccc(Cl)s3)=NO2)C(C)C)o1. The van der Waals surface area contributed by atoms with Gasteiger partial charge in [-0.05, 0) is 45.0 Å². The summed E-state index contributed by atoms with van der Waals surface area (Å²) in [4.78, 5) is 20.9. The molecular formula is C17H19ClN2O3S. The number of thiophene rings is 1. The van der Waals surface area contributed by atoms with E-state index in [1.165, 1.54) is 11.3 Å². The van der Waals surface area contributed by atoms with E-state index < -0.39 is 6.10 Å². The quantitative estimate of drug-likeness (QED) is 0.795. The van der Waals surface area contributed by atoms with Gasteiger partial charge in [0.1, 0.15) is 17.2 Å². The Labute approximate surface area is 149 Å². The molecule has 2 aromatic heterocycles. The Hall–Kier alpha value is -1.79. The van der Waals surface area contributed by atoms with E-state index in [2.05, 4.69) is 5.16 Å². The Balaban J connectivity index is 1.68. The second kappa shape index (κ2) is 6.99. The maximum absolute atomic E-state index is 12.8. The lowest BCUT2D eigenvalue weighted by molar-refractivity contribution is -0.144. The largest absolute Gasteiger partial charge is 0.464 e. The first kappa shape index (κ1) is 17.0. The zero-order chi connectivity index (χ0) is 17.3. The number of hydrogen-bond donors (Lipinski definition) is 0. The van der Waals surface area contributed by atoms with E-state index >= 15 is 0 Å². The minimum atomic E-state index is -0.598. The molecule has 0 N–H and O–H groups in total. The highest BCUT2D eigenvalue weighted by atomic mass is 35.5. The predicted molar refractivity (Wildman–Crippen MR) is 94.5 cm³/mol. The van der Waals surface area contributed by atoms with Crippen LogP contribution in [-0.4, -0.2) is 28.7 Å². The summed E-state index contributed by atoms with van der Waals surface area (Å²) >= 11 is 7.39. The first-order valence-corrected chi connectivity index (χ1v) is 8.97. The first-order chi connectivity index (χ1) is 11.4. The average molecular weight is 367 g/mol. The zero-order valence-electron chi connectivity index (χ0n) is 13.8. The van der Waals surface area contributed by atoms with Crippen molar-refractivity contribution in [2.75, 3.05) is 0 Å². The van der Waals surface area contributed by atoms with Crippen LogP contribution in [0.1, 0.15) is 36.7 Å². The van der Waals surface area contributed by atoms with Gasteiger partial charge in [0.15, 0.2) is 0 Å². The highest BCUT2D eigenvalue weighted by Crippen LogP contribution is 2.27. The standard InChI is InChI=1S/C17H19ClN2O3S/c1-10(2)20(9-12-5-4-11(3)22-12)17(21)14-8-13(19-23-14)15-6-7-16(18)24-15/h4-7,10,14H,8-9H2,1-3H3/t14-/m0/s1. The van der Waals surface area contributed by atoms with Crippen molar-refractivity contribution in [1.82, 2.24) is 4.90 Å². The minimum Gasteiger partial charge on any atom is -0.464 e. The van der Waals surface area contributed by atoms with Crippen molar-refractivity contribution in [3.63, 3.8) is 0 Å². The molecule has 3 rings (SSSR count). The van der Waals surface area contributed by atoms with E-state index in [1.807, 2.05) is 45.0 Å². The summed E-state index contributed by atoms with van der Waals surface area (Å²) in [5.74, 6) is 1.51. The number of carbonyl (C=O) groups is 1. The second-order valence-corrected chi connectivity index (χ2v) is 7.73. The number of furan rings is 1. The number of nitrogens with zero attached hydrogens (tertiary/aromatic N) is 2. The van der Waals surface area contributed by atoms with Crippen LogP contribution in [0.2, 0.25) is 4.34 Å². The van der Waals surface area contributed by atoms with Gasteiger partial charge >= 0.3 is 0 Å². The lowest BCUT2D eigenvalue weighted by Gasteiger charge is -2.27. The molecule has 0 unspecified atom stereocenters. The van der Waals surface area contributed by atoms with E-state index in [0.717, 1.165) is 22.1 Å². The molecule has 0 aliphatic carbocycles. The third kappa shape index (κ3) is 3.65. The molecule has 1 atom stereocenters. The van der Waals surface area contributed by atoms with Crippen LogP contribution in [0.15, 0.2) is 33.8 Å². The highest BCUT2D eigenvalue weighted by Gasteiger charge is 2.34. The Morgan fingerprint density at radius 1 is 1.42 bits per heavy atom. The van der Waals surface area contributed by atoms with E-state index in [0.29, 0.717) is 17.3 Å². The Bertz CT molecular complexity index is 765. The number of carbonyl (C=O) groups excluding carboxylic acids is 1. The third-order valence-corrected chi connectivity index (χ3v) is 5.11. The van der Waals surface area contributed by atoms with Crippen molar-refractivity contribution in [3.05, 3.63) is 45.0 Å². The summed E-state index contributed by atoms with van der Waals surface area (Å²) in [6.07, 6.45) is -0.143. The van der Waals surface area contributed by atoms with Crippen molar-refractivity contribution in [2.24, 2.45) is 5.16 Å². The molecule has 0 aromatic carbocycles. The molecule has 0 saturated carbocycles. The summed E-state index contributed by atoms with van der Waals surface area (Å²) in [5, 5.41) is 4.07. The predicted octanol–water partition coefficient (Wildman–Crippen LogP) is 4.23. The minimum absolute atomic E-state index is 0.0340. The average Bonchev–Trinajstić information content (AvgIpc) is 3.24. The van der Waals surface area contributed by atoms with Crippen LogP contribution < -0.4 is 0 Å². The molecule has 24 heavy (non-hydrogen) atoms. The van der Waals surface area contributed by atoms with Crippen molar-refractivity contribution in [3.8, 4) is 0 Å². The smallest absolute Gasteiger partial charge is 0.267 e. The Kier molecular flexibility index (Phi) is 4.96. The van der Waals surface area contributed by atoms with Gasteiger partial charge < -0.3 is 14.2 Å². The summed E-state index contributed by atoms with van der Waals surface area (Å²) in [5.41, 5.74) is 0.766. The molecule has 3 heterocycles. The fourth-order valence-corrected chi connectivity index (χ4v) is 3.60. The van der Waals surface area contributed by atoms with Crippen LogP contribution in [0.4, 0.5) is 0 Å². The molecule has 0 spiro atoms. The van der Waals surface area contributed by atoms with Gasteiger partial charge in [0.2, 0.25) is 6.10 Å². The number of aryl methyl sites for hydroxylation is 1. The molecule has 5 nitrogen and oxygen atoms in total. The topological polar surface area (TPSA) is 55.0 Å². The number of oxime groups is 1. The molecule has 7 heteroatoms. The molecule has 0 bridgehead atoms. The van der Waals surface area contributed by atoms with Gasteiger partial charge in [-0.15, -0.1) is 11.3 Å². The van der Waals surface area contributed by atoms with Crippen molar-refractivity contribution < 1.29 is 14.0 Å². The summed E-state index contributed by atoms with van der Waals surface area (Å²) in [6, 6.07) is 7.54. The van der Waals surface area contributed by atoms with Gasteiger partial charge in [0.25, 0.3) is 5.91 Å². The molecule has 0 fully saturated rings. The lowest BCUT2D eigenvalue weighted by atomic mass is 10.1. The van der Waals surface area contributed by atoms with Crippen LogP contribution in [0.25, 0.3) is 0 Å². The maximum atomic E-state index is 12.8. The van der Waals surface area contributed by atoms with Crippen molar-refractivity contribution >= 4 is 34.6 Å². The van der Waals surface area contributed by atoms with E-state index in [1.54, 1.807) is 4.90 Å². The molecule has 1 aliphatic heterocycles. The van der Waals surface area contributed by atoms with Crippen LogP contribution in [-0.2, 0) is 16.2 Å². The van der Waals surface area contributed by atoms with E-state index in [4.69, 9.17) is 20.9 Å². The van der Waals surface area contributed by atoms with E-state index in [-0.39, 0.29) is 11.9 Å². The normalized spacial score (nSPS) is 17.0. The Morgan fingerprint density at radius 3 is 2.79 bits per heavy atom. The molecule has 1 amide bonds. The fraction of sp³-hybridized carbons (Fsp3) is 0.412. The van der Waals surface area contributed by atoms with Crippen LogP contribution in [0.5, 0.6) is 0 Å². The third-order valence-electron chi connectivity index (χ3n) is 3.83. The molecule has 0 saturated heterocycles. The number of amides is 1. The van der Waals surface area contributed by atoms with Gasteiger partial charge in [-0.2, -0.15) is 0 Å². The summed E-state index contributed by atoms with van der Waals surface area (Å²) in [6.45, 7) is 6.26. The van der Waals surface area contributed by atoms with Crippen molar-refractivity contribution in [1.29, 1.82) is 0 Å².